The van der Waals surface area contributed by atoms with Crippen LogP contribution in [0, 0.1) is 5.92 Å². The van der Waals surface area contributed by atoms with Crippen LogP contribution >= 0.6 is 11.3 Å². The average molecular weight is 350 g/mol. The maximum absolute atomic E-state index is 12.9. The molecule has 3 heterocycles. The summed E-state index contributed by atoms with van der Waals surface area (Å²) in [6, 6.07) is 2.03. The molecular formula is C18H26N2O3S. The number of amides is 1. The predicted octanol–water partition coefficient (Wildman–Crippen LogP) is 2.30. The van der Waals surface area contributed by atoms with Crippen molar-refractivity contribution < 1.29 is 14.3 Å². The largest absolute Gasteiger partial charge is 0.466 e. The molecule has 0 N–H and O–H groups in total. The third-order valence-electron chi connectivity index (χ3n) is 5.10. The van der Waals surface area contributed by atoms with Crippen molar-refractivity contribution in [2.24, 2.45) is 5.92 Å². The molecule has 132 valence electrons. The van der Waals surface area contributed by atoms with Gasteiger partial charge in [0.15, 0.2) is 0 Å². The van der Waals surface area contributed by atoms with Gasteiger partial charge in [0.25, 0.3) is 0 Å². The van der Waals surface area contributed by atoms with E-state index < -0.39 is 0 Å². The molecule has 0 bridgehead atoms. The minimum atomic E-state index is -0.167. The molecule has 0 aromatic carbocycles. The molecule has 0 aliphatic carbocycles. The molecule has 3 rings (SSSR count). The molecule has 1 fully saturated rings. The second kappa shape index (κ2) is 7.66. The molecule has 0 spiro atoms. The Labute approximate surface area is 147 Å². The first kappa shape index (κ1) is 17.4. The van der Waals surface area contributed by atoms with Gasteiger partial charge in [0.2, 0.25) is 5.91 Å². The van der Waals surface area contributed by atoms with Gasteiger partial charge in [-0.25, -0.2) is 0 Å². The monoisotopic (exact) mass is 350 g/mol. The van der Waals surface area contributed by atoms with Gasteiger partial charge in [0.1, 0.15) is 0 Å². The van der Waals surface area contributed by atoms with E-state index >= 15 is 0 Å². The van der Waals surface area contributed by atoms with Crippen molar-refractivity contribution in [3.63, 3.8) is 0 Å². The molecule has 2 unspecified atom stereocenters. The number of thiophene rings is 1. The zero-order valence-corrected chi connectivity index (χ0v) is 15.3. The lowest BCUT2D eigenvalue weighted by molar-refractivity contribution is -0.152. The van der Waals surface area contributed by atoms with Gasteiger partial charge in [-0.2, -0.15) is 0 Å². The summed E-state index contributed by atoms with van der Waals surface area (Å²) in [7, 11) is 0. The lowest BCUT2D eigenvalue weighted by Crippen LogP contribution is -2.52. The highest BCUT2D eigenvalue weighted by atomic mass is 32.1. The normalized spacial score (nSPS) is 22.8. The molecule has 5 nitrogen and oxygen atoms in total. The van der Waals surface area contributed by atoms with E-state index in [2.05, 4.69) is 16.3 Å². The first-order valence-electron chi connectivity index (χ1n) is 8.85. The lowest BCUT2D eigenvalue weighted by Gasteiger charge is -2.37. The molecule has 1 saturated heterocycles. The minimum absolute atomic E-state index is 0.140. The topological polar surface area (TPSA) is 49.9 Å². The van der Waals surface area contributed by atoms with Crippen molar-refractivity contribution in [2.75, 3.05) is 26.2 Å². The Kier molecular flexibility index (Phi) is 5.56. The van der Waals surface area contributed by atoms with Gasteiger partial charge in [0.05, 0.1) is 18.6 Å². The number of ether oxygens (including phenoxy) is 1. The van der Waals surface area contributed by atoms with E-state index in [0.717, 1.165) is 38.9 Å². The summed E-state index contributed by atoms with van der Waals surface area (Å²) in [4.78, 5) is 30.4. The number of esters is 1. The molecule has 2 aliphatic rings. The Bertz CT molecular complexity index is 601. The fourth-order valence-corrected chi connectivity index (χ4v) is 4.54. The van der Waals surface area contributed by atoms with Crippen molar-refractivity contribution >= 4 is 23.2 Å². The van der Waals surface area contributed by atoms with Crippen molar-refractivity contribution in [3.05, 3.63) is 21.9 Å². The van der Waals surface area contributed by atoms with E-state index in [1.807, 2.05) is 30.1 Å². The number of fused-ring (bicyclic) bond motifs is 1. The van der Waals surface area contributed by atoms with E-state index in [-0.39, 0.29) is 23.8 Å². The summed E-state index contributed by atoms with van der Waals surface area (Å²) >= 11 is 1.81. The van der Waals surface area contributed by atoms with Crippen LogP contribution < -0.4 is 0 Å². The summed E-state index contributed by atoms with van der Waals surface area (Å²) in [6.45, 7) is 7.23. The highest BCUT2D eigenvalue weighted by Crippen LogP contribution is 2.26. The first-order valence-corrected chi connectivity index (χ1v) is 9.72. The van der Waals surface area contributed by atoms with Gasteiger partial charge in [-0.15, -0.1) is 11.3 Å². The van der Waals surface area contributed by atoms with Crippen LogP contribution in [0.1, 0.15) is 37.1 Å². The van der Waals surface area contributed by atoms with Gasteiger partial charge < -0.3 is 9.64 Å². The lowest BCUT2D eigenvalue weighted by atomic mass is 9.97. The van der Waals surface area contributed by atoms with E-state index in [9.17, 15) is 9.59 Å². The van der Waals surface area contributed by atoms with Crippen molar-refractivity contribution in [2.45, 2.75) is 45.7 Å². The zero-order valence-electron chi connectivity index (χ0n) is 14.5. The fraction of sp³-hybridized carbons (Fsp3) is 0.667. The Hall–Kier alpha value is -1.40. The Morgan fingerprint density at radius 3 is 3.04 bits per heavy atom. The molecule has 2 atom stereocenters. The third kappa shape index (κ3) is 3.64. The maximum Gasteiger partial charge on any atom is 0.310 e. The summed E-state index contributed by atoms with van der Waals surface area (Å²) in [5.41, 5.74) is 1.36. The van der Waals surface area contributed by atoms with Crippen LogP contribution in [-0.2, 0) is 27.3 Å². The van der Waals surface area contributed by atoms with Gasteiger partial charge >= 0.3 is 5.97 Å². The molecule has 24 heavy (non-hydrogen) atoms. The Morgan fingerprint density at radius 2 is 2.25 bits per heavy atom. The standard InChI is InChI=1S/C18H26N2O3S/c1-3-23-18(22)15-5-4-8-20(12-15)17(21)13(2)19-9-6-16-14(11-19)7-10-24-16/h7,10,13,15H,3-6,8-9,11-12H2,1-2H3. The highest BCUT2D eigenvalue weighted by molar-refractivity contribution is 7.10. The molecule has 1 aromatic heterocycles. The fourth-order valence-electron chi connectivity index (χ4n) is 3.65. The quantitative estimate of drug-likeness (QED) is 0.782. The first-order chi connectivity index (χ1) is 11.6. The van der Waals surface area contributed by atoms with Crippen LogP contribution in [0.5, 0.6) is 0 Å². The summed E-state index contributed by atoms with van der Waals surface area (Å²) in [5, 5.41) is 2.13. The summed E-state index contributed by atoms with van der Waals surface area (Å²) < 4.78 is 5.13. The summed E-state index contributed by atoms with van der Waals surface area (Å²) in [6.07, 6.45) is 2.71. The summed E-state index contributed by atoms with van der Waals surface area (Å²) in [5.74, 6) is -0.189. The third-order valence-corrected chi connectivity index (χ3v) is 6.12. The molecule has 1 aromatic rings. The van der Waals surface area contributed by atoms with Gasteiger partial charge in [0, 0.05) is 31.1 Å². The number of likely N-dealkylation sites (tertiary alicyclic amines) is 1. The minimum Gasteiger partial charge on any atom is -0.466 e. The number of hydrogen-bond acceptors (Lipinski definition) is 5. The highest BCUT2D eigenvalue weighted by Gasteiger charge is 2.34. The predicted molar refractivity (Wildman–Crippen MR) is 93.8 cm³/mol. The number of nitrogens with zero attached hydrogens (tertiary/aromatic N) is 2. The molecule has 6 heteroatoms. The number of hydrogen-bond donors (Lipinski definition) is 0. The van der Waals surface area contributed by atoms with Gasteiger partial charge in [-0.3, -0.25) is 14.5 Å². The average Bonchev–Trinajstić information content (AvgIpc) is 3.08. The van der Waals surface area contributed by atoms with Gasteiger partial charge in [-0.05, 0) is 50.1 Å². The van der Waals surface area contributed by atoms with Crippen LogP contribution in [0.15, 0.2) is 11.4 Å². The number of piperidine rings is 1. The van der Waals surface area contributed by atoms with E-state index in [0.29, 0.717) is 13.2 Å². The zero-order chi connectivity index (χ0) is 17.1. The second-order valence-corrected chi connectivity index (χ2v) is 7.64. The SMILES string of the molecule is CCOC(=O)C1CCCN(C(=O)C(C)N2CCc3sccc3C2)C1. The van der Waals surface area contributed by atoms with E-state index in [1.54, 1.807) is 0 Å². The number of carbonyl (C=O) groups excluding carboxylic acids is 2. The maximum atomic E-state index is 12.9. The Balaban J connectivity index is 1.60. The van der Waals surface area contributed by atoms with E-state index in [4.69, 9.17) is 4.74 Å². The van der Waals surface area contributed by atoms with Crippen molar-refractivity contribution in [1.29, 1.82) is 0 Å². The second-order valence-electron chi connectivity index (χ2n) is 6.64. The molecular weight excluding hydrogens is 324 g/mol. The van der Waals surface area contributed by atoms with E-state index in [1.165, 1.54) is 10.4 Å². The van der Waals surface area contributed by atoms with Crippen LogP contribution in [0.2, 0.25) is 0 Å². The van der Waals surface area contributed by atoms with Crippen molar-refractivity contribution in [1.82, 2.24) is 9.80 Å². The molecule has 0 saturated carbocycles. The van der Waals surface area contributed by atoms with Gasteiger partial charge in [-0.1, -0.05) is 0 Å². The number of rotatable bonds is 4. The smallest absolute Gasteiger partial charge is 0.310 e. The van der Waals surface area contributed by atoms with Crippen LogP contribution in [0.25, 0.3) is 0 Å². The Morgan fingerprint density at radius 1 is 1.42 bits per heavy atom. The van der Waals surface area contributed by atoms with Crippen LogP contribution in [0.4, 0.5) is 0 Å². The van der Waals surface area contributed by atoms with Crippen LogP contribution in [-0.4, -0.2) is 54.0 Å². The molecule has 0 radical (unpaired) electrons. The number of carbonyl (C=O) groups is 2. The molecule has 2 aliphatic heterocycles. The van der Waals surface area contributed by atoms with Crippen LogP contribution in [0.3, 0.4) is 0 Å². The molecule has 1 amide bonds. The van der Waals surface area contributed by atoms with Crippen molar-refractivity contribution in [3.8, 4) is 0 Å².